The molecule has 0 aromatic heterocycles. The van der Waals surface area contributed by atoms with E-state index in [2.05, 4.69) is 0 Å². The first-order valence-corrected chi connectivity index (χ1v) is 2.20. The molecule has 5 heavy (non-hydrogen) atoms. The Labute approximate surface area is 55.0 Å². The van der Waals surface area contributed by atoms with Gasteiger partial charge < -0.3 is 0 Å². The van der Waals surface area contributed by atoms with Crippen molar-refractivity contribution in [2.45, 2.75) is 6.92 Å². The van der Waals surface area contributed by atoms with Gasteiger partial charge in [-0.25, -0.2) is 0 Å². The topological polar surface area (TPSA) is 17.1 Å². The van der Waals surface area contributed by atoms with Crippen LogP contribution in [0.5, 0.6) is 0 Å². The van der Waals surface area contributed by atoms with Crippen LogP contribution < -0.4 is 0 Å². The molecule has 0 aliphatic rings. The van der Waals surface area contributed by atoms with Crippen LogP contribution in [0.2, 0.25) is 0 Å². The van der Waals surface area contributed by atoms with Gasteiger partial charge in [0.05, 0.1) is 0 Å². The van der Waals surface area contributed by atoms with Gasteiger partial charge >= 0.3 is 42.7 Å². The molecule has 0 rings (SSSR count). The quantitative estimate of drug-likeness (QED) is 0.397. The number of hydrogen-bond acceptors (Lipinski definition) is 1. The first-order valence-electron chi connectivity index (χ1n) is 1.20. The van der Waals surface area contributed by atoms with Gasteiger partial charge in [-0.1, -0.05) is 0 Å². The average molecular weight is 102 g/mol. The van der Waals surface area contributed by atoms with Gasteiger partial charge in [0.15, 0.2) is 0 Å². The number of rotatable bonds is 0. The van der Waals surface area contributed by atoms with E-state index < -0.39 is 0 Å². The van der Waals surface area contributed by atoms with Crippen LogP contribution in [-0.2, 0) is 4.79 Å². The second kappa shape index (κ2) is 4.96. The van der Waals surface area contributed by atoms with Crippen molar-refractivity contribution in [2.75, 3.05) is 0 Å². The third-order valence-corrected chi connectivity index (χ3v) is 0. The number of carbonyl (C=O) groups is 1. The van der Waals surface area contributed by atoms with E-state index in [1.54, 1.807) is 6.92 Å². The van der Waals surface area contributed by atoms with E-state index in [0.29, 0.717) is 31.0 Å². The van der Waals surface area contributed by atoms with Crippen LogP contribution in [0.25, 0.3) is 0 Å². The normalized spacial score (nSPS) is 5.40. The molecule has 0 bridgehead atoms. The predicted molar refractivity (Wildman–Crippen MR) is 23.7 cm³/mol. The molecule has 0 unspecified atom stereocenters. The molecule has 0 aliphatic heterocycles. The van der Waals surface area contributed by atoms with E-state index in [9.17, 15) is 4.79 Å². The zero-order valence-corrected chi connectivity index (χ0v) is 6.13. The van der Waals surface area contributed by atoms with Crippen molar-refractivity contribution >= 4 is 43.4 Å². The summed E-state index contributed by atoms with van der Waals surface area (Å²) in [6.07, 6.45) is 0. The molecule has 0 saturated heterocycles. The molecule has 0 aromatic carbocycles. The van der Waals surface area contributed by atoms with Crippen molar-refractivity contribution in [3.8, 4) is 0 Å². The molecule has 0 aromatic rings. The Morgan fingerprint density at radius 2 is 1.80 bits per heavy atom. The SMILES string of the molecule is C[C](=O)[Na].Cl. The summed E-state index contributed by atoms with van der Waals surface area (Å²) in [5, 5.41) is 0. The largest absolute Gasteiger partial charge is 0.147 e. The molecule has 0 fully saturated rings. The standard InChI is InChI=1S/C2H3O.ClH.Na/c1-2-3;;/h1H3;1H;. The molecule has 0 amide bonds. The Kier molecular flexibility index (Phi) is 9.28. The summed E-state index contributed by atoms with van der Waals surface area (Å²) < 4.78 is 0.306. The van der Waals surface area contributed by atoms with E-state index >= 15 is 0 Å². The molecule has 1 nitrogen and oxygen atoms in total. The minimum Gasteiger partial charge on any atom is -0.147 e. The molecule has 0 N–H and O–H groups in total. The summed E-state index contributed by atoms with van der Waals surface area (Å²) in [4.78, 5) is 9.51. The molecular formula is C2H4ClNaO. The average Bonchev–Trinajstić information content (AvgIpc) is 0.811. The van der Waals surface area contributed by atoms with E-state index in [-0.39, 0.29) is 12.4 Å². The van der Waals surface area contributed by atoms with Gasteiger partial charge in [0.2, 0.25) is 0 Å². The second-order valence-electron chi connectivity index (χ2n) is 0.908. The summed E-state index contributed by atoms with van der Waals surface area (Å²) in [5.41, 5.74) is 0. The van der Waals surface area contributed by atoms with E-state index in [1.165, 1.54) is 0 Å². The fourth-order valence-corrected chi connectivity index (χ4v) is 0. The Hall–Kier alpha value is 0.960. The number of carbonyl (C=O) groups excluding carboxylic acids is 1. The molecule has 0 aliphatic carbocycles. The molecular weight excluding hydrogens is 98.5 g/mol. The minimum atomic E-state index is 0. The Bertz CT molecular complexity index is 32.6. The summed E-state index contributed by atoms with van der Waals surface area (Å²) in [6.45, 7) is 1.59. The fourth-order valence-electron chi connectivity index (χ4n) is 0. The van der Waals surface area contributed by atoms with Crippen molar-refractivity contribution < 1.29 is 4.79 Å². The van der Waals surface area contributed by atoms with Crippen LogP contribution in [-0.4, -0.2) is 31.0 Å². The van der Waals surface area contributed by atoms with Crippen molar-refractivity contribution in [2.24, 2.45) is 0 Å². The fraction of sp³-hybridized carbons (Fsp3) is 0.500. The van der Waals surface area contributed by atoms with E-state index in [4.69, 9.17) is 0 Å². The Morgan fingerprint density at radius 1 is 1.80 bits per heavy atom. The third kappa shape index (κ3) is 47.2. The van der Waals surface area contributed by atoms with Crippen LogP contribution in [0.4, 0.5) is 0 Å². The first kappa shape index (κ1) is 9.35. The van der Waals surface area contributed by atoms with Crippen LogP contribution in [0, 0.1) is 0 Å². The molecule has 0 radical (unpaired) electrons. The van der Waals surface area contributed by atoms with E-state index in [0.717, 1.165) is 0 Å². The Morgan fingerprint density at radius 3 is 1.80 bits per heavy atom. The minimum absolute atomic E-state index is 0. The van der Waals surface area contributed by atoms with Crippen molar-refractivity contribution in [3.63, 3.8) is 0 Å². The molecule has 0 saturated carbocycles. The zero-order valence-electron chi connectivity index (χ0n) is 3.32. The summed E-state index contributed by atoms with van der Waals surface area (Å²) >= 11 is 0.710. The zero-order chi connectivity index (χ0) is 3.58. The van der Waals surface area contributed by atoms with Gasteiger partial charge in [0.25, 0.3) is 0 Å². The van der Waals surface area contributed by atoms with Crippen molar-refractivity contribution in [1.82, 2.24) is 0 Å². The van der Waals surface area contributed by atoms with Crippen LogP contribution in [0.15, 0.2) is 0 Å². The molecule has 0 spiro atoms. The molecule has 3 heteroatoms. The van der Waals surface area contributed by atoms with Gasteiger partial charge in [-0.2, -0.15) is 0 Å². The van der Waals surface area contributed by atoms with Gasteiger partial charge in [-0.05, 0) is 0 Å². The molecule has 0 heterocycles. The smallest absolute Gasteiger partial charge is 0.147 e. The maximum Gasteiger partial charge on any atom is -0.147 e. The molecule has 26 valence electrons. The van der Waals surface area contributed by atoms with Crippen molar-refractivity contribution in [3.05, 3.63) is 0 Å². The van der Waals surface area contributed by atoms with Gasteiger partial charge in [-0.15, -0.1) is 12.4 Å². The monoisotopic (exact) mass is 102 g/mol. The van der Waals surface area contributed by atoms with Crippen LogP contribution >= 0.6 is 12.4 Å². The maximum atomic E-state index is 9.51. The van der Waals surface area contributed by atoms with Crippen molar-refractivity contribution in [1.29, 1.82) is 0 Å². The van der Waals surface area contributed by atoms with E-state index in [1.807, 2.05) is 0 Å². The predicted octanol–water partition coefficient (Wildman–Crippen LogP) is 0.123. The van der Waals surface area contributed by atoms with Crippen LogP contribution in [0.1, 0.15) is 6.92 Å². The second-order valence-corrected chi connectivity index (χ2v) is 2.32. The number of halogens is 1. The summed E-state index contributed by atoms with van der Waals surface area (Å²) in [5.74, 6) is 0. The van der Waals surface area contributed by atoms with Gasteiger partial charge in [0.1, 0.15) is 0 Å². The Balaban J connectivity index is 0. The first-order chi connectivity index (χ1) is 1.73. The summed E-state index contributed by atoms with van der Waals surface area (Å²) in [7, 11) is 0. The van der Waals surface area contributed by atoms with Gasteiger partial charge in [0, 0.05) is 0 Å². The van der Waals surface area contributed by atoms with Crippen LogP contribution in [0.3, 0.4) is 0 Å². The van der Waals surface area contributed by atoms with Gasteiger partial charge in [-0.3, -0.25) is 0 Å². The third-order valence-electron chi connectivity index (χ3n) is 0. The molecule has 0 atom stereocenters. The summed E-state index contributed by atoms with van der Waals surface area (Å²) in [6, 6.07) is 0. The number of hydrogen-bond donors (Lipinski definition) is 0. The maximum absolute atomic E-state index is 9.51.